The lowest BCUT2D eigenvalue weighted by molar-refractivity contribution is -0.118. The van der Waals surface area contributed by atoms with Crippen LogP contribution < -0.4 is 15.4 Å². The molecule has 28 heavy (non-hydrogen) atoms. The molecule has 0 aliphatic carbocycles. The van der Waals surface area contributed by atoms with Crippen molar-refractivity contribution >= 4 is 23.6 Å². The Morgan fingerprint density at radius 1 is 1.07 bits per heavy atom. The highest BCUT2D eigenvalue weighted by molar-refractivity contribution is 5.95. The van der Waals surface area contributed by atoms with Crippen LogP contribution in [0.1, 0.15) is 34.6 Å². The van der Waals surface area contributed by atoms with E-state index in [4.69, 9.17) is 9.47 Å². The van der Waals surface area contributed by atoms with Gasteiger partial charge in [-0.05, 0) is 36.4 Å². The van der Waals surface area contributed by atoms with Crippen molar-refractivity contribution in [1.82, 2.24) is 10.3 Å². The Kier molecular flexibility index (Phi) is 7.50. The second-order valence-electron chi connectivity index (χ2n) is 6.19. The van der Waals surface area contributed by atoms with Gasteiger partial charge in [0, 0.05) is 17.7 Å². The van der Waals surface area contributed by atoms with Gasteiger partial charge in [-0.1, -0.05) is 13.8 Å². The summed E-state index contributed by atoms with van der Waals surface area (Å²) in [6.45, 7) is 3.69. The van der Waals surface area contributed by atoms with Crippen LogP contribution in [0.5, 0.6) is 5.75 Å². The summed E-state index contributed by atoms with van der Waals surface area (Å²) in [5, 5.41) is 5.29. The number of ether oxygens (including phenoxy) is 2. The third-order valence-corrected chi connectivity index (χ3v) is 3.74. The SMILES string of the molecule is COc1ccc(C(=O)NCCOC(=O)c2ccnc(NC(=O)C(C)C)c2)cc1. The molecule has 8 heteroatoms. The van der Waals surface area contributed by atoms with Crippen molar-refractivity contribution in [3.8, 4) is 5.75 Å². The van der Waals surface area contributed by atoms with Gasteiger partial charge in [-0.15, -0.1) is 0 Å². The second kappa shape index (κ2) is 10.1. The zero-order chi connectivity index (χ0) is 20.5. The van der Waals surface area contributed by atoms with Crippen molar-refractivity contribution in [1.29, 1.82) is 0 Å². The predicted molar refractivity (Wildman–Crippen MR) is 103 cm³/mol. The fourth-order valence-corrected chi connectivity index (χ4v) is 2.13. The Morgan fingerprint density at radius 3 is 2.43 bits per heavy atom. The second-order valence-corrected chi connectivity index (χ2v) is 6.19. The summed E-state index contributed by atoms with van der Waals surface area (Å²) in [6.07, 6.45) is 1.41. The number of pyridine rings is 1. The molecule has 0 aliphatic rings. The van der Waals surface area contributed by atoms with Crippen LogP contribution >= 0.6 is 0 Å². The molecule has 1 heterocycles. The molecule has 0 saturated heterocycles. The van der Waals surface area contributed by atoms with Gasteiger partial charge >= 0.3 is 5.97 Å². The van der Waals surface area contributed by atoms with Crippen molar-refractivity contribution in [3.05, 3.63) is 53.7 Å². The zero-order valence-electron chi connectivity index (χ0n) is 16.0. The first-order valence-corrected chi connectivity index (χ1v) is 8.77. The van der Waals surface area contributed by atoms with Crippen molar-refractivity contribution < 1.29 is 23.9 Å². The third kappa shape index (κ3) is 6.08. The Balaban J connectivity index is 1.80. The molecule has 2 aromatic rings. The van der Waals surface area contributed by atoms with Gasteiger partial charge < -0.3 is 20.1 Å². The quantitative estimate of drug-likeness (QED) is 0.533. The van der Waals surface area contributed by atoms with E-state index in [1.165, 1.54) is 18.3 Å². The minimum atomic E-state index is -0.568. The molecule has 8 nitrogen and oxygen atoms in total. The lowest BCUT2D eigenvalue weighted by Gasteiger charge is -2.09. The number of methoxy groups -OCH3 is 1. The average molecular weight is 385 g/mol. The number of nitrogens with one attached hydrogen (secondary N) is 2. The van der Waals surface area contributed by atoms with E-state index in [0.29, 0.717) is 11.3 Å². The van der Waals surface area contributed by atoms with Crippen LogP contribution in [-0.4, -0.2) is 43.0 Å². The predicted octanol–water partition coefficient (Wildman–Crippen LogP) is 2.27. The van der Waals surface area contributed by atoms with Gasteiger partial charge in [-0.2, -0.15) is 0 Å². The van der Waals surface area contributed by atoms with E-state index in [1.54, 1.807) is 45.2 Å². The molecule has 0 atom stereocenters. The van der Waals surface area contributed by atoms with Crippen molar-refractivity contribution in [2.24, 2.45) is 5.92 Å². The highest BCUT2D eigenvalue weighted by Crippen LogP contribution is 2.11. The van der Waals surface area contributed by atoms with Crippen LogP contribution in [0.3, 0.4) is 0 Å². The van der Waals surface area contributed by atoms with Gasteiger partial charge in [0.2, 0.25) is 5.91 Å². The maximum Gasteiger partial charge on any atom is 0.338 e. The number of hydrogen-bond donors (Lipinski definition) is 2. The van der Waals surface area contributed by atoms with Gasteiger partial charge in [-0.25, -0.2) is 9.78 Å². The van der Waals surface area contributed by atoms with Gasteiger partial charge in [0.15, 0.2) is 0 Å². The molecule has 0 saturated carbocycles. The van der Waals surface area contributed by atoms with Crippen LogP contribution in [0.2, 0.25) is 0 Å². The number of hydrogen-bond acceptors (Lipinski definition) is 6. The largest absolute Gasteiger partial charge is 0.497 e. The van der Waals surface area contributed by atoms with E-state index >= 15 is 0 Å². The number of carbonyl (C=O) groups is 3. The van der Waals surface area contributed by atoms with E-state index in [2.05, 4.69) is 15.6 Å². The molecule has 1 aromatic heterocycles. The summed E-state index contributed by atoms with van der Waals surface area (Å²) in [4.78, 5) is 39.8. The van der Waals surface area contributed by atoms with E-state index in [9.17, 15) is 14.4 Å². The van der Waals surface area contributed by atoms with Gasteiger partial charge in [0.05, 0.1) is 19.2 Å². The molecule has 0 spiro atoms. The first kappa shape index (κ1) is 20.9. The summed E-state index contributed by atoms with van der Waals surface area (Å²) in [5.41, 5.74) is 0.738. The Labute approximate surface area is 163 Å². The average Bonchev–Trinajstić information content (AvgIpc) is 2.71. The minimum Gasteiger partial charge on any atom is -0.497 e. The van der Waals surface area contributed by atoms with Crippen molar-refractivity contribution in [3.63, 3.8) is 0 Å². The number of nitrogens with zero attached hydrogens (tertiary/aromatic N) is 1. The van der Waals surface area contributed by atoms with Gasteiger partial charge in [0.25, 0.3) is 5.91 Å². The Bertz CT molecular complexity index is 834. The standard InChI is InChI=1S/C20H23N3O5/c1-13(2)18(24)23-17-12-15(8-9-21-17)20(26)28-11-10-22-19(25)14-4-6-16(27-3)7-5-14/h4-9,12-13H,10-11H2,1-3H3,(H,22,25)(H,21,23,24). The lowest BCUT2D eigenvalue weighted by atomic mass is 10.2. The molecule has 0 aliphatic heterocycles. The van der Waals surface area contributed by atoms with E-state index in [0.717, 1.165) is 0 Å². The maximum atomic E-state index is 12.1. The van der Waals surface area contributed by atoms with E-state index in [-0.39, 0.29) is 42.3 Å². The molecule has 0 fully saturated rings. The Morgan fingerprint density at radius 2 is 1.79 bits per heavy atom. The molecule has 2 amide bonds. The van der Waals surface area contributed by atoms with Crippen molar-refractivity contribution in [2.75, 3.05) is 25.6 Å². The molecule has 1 aromatic carbocycles. The van der Waals surface area contributed by atoms with Gasteiger partial charge in [-0.3, -0.25) is 9.59 Å². The molecule has 0 unspecified atom stereocenters. The van der Waals surface area contributed by atoms with Crippen LogP contribution in [0.4, 0.5) is 5.82 Å². The molecule has 0 radical (unpaired) electrons. The van der Waals surface area contributed by atoms with Gasteiger partial charge in [0.1, 0.15) is 18.2 Å². The van der Waals surface area contributed by atoms with Crippen LogP contribution in [-0.2, 0) is 9.53 Å². The number of amides is 2. The summed E-state index contributed by atoms with van der Waals surface area (Å²) in [5.74, 6) is -0.304. The molecular formula is C20H23N3O5. The first-order chi connectivity index (χ1) is 13.4. The number of carbonyl (C=O) groups excluding carboxylic acids is 3. The number of esters is 1. The number of anilines is 1. The number of rotatable bonds is 8. The molecule has 2 N–H and O–H groups in total. The minimum absolute atomic E-state index is 0.0107. The number of benzene rings is 1. The summed E-state index contributed by atoms with van der Waals surface area (Å²) in [6, 6.07) is 9.60. The zero-order valence-corrected chi connectivity index (χ0v) is 16.0. The Hall–Kier alpha value is -3.42. The molecule has 0 bridgehead atoms. The topological polar surface area (TPSA) is 107 Å². The highest BCUT2D eigenvalue weighted by atomic mass is 16.5. The normalized spacial score (nSPS) is 10.3. The molecule has 148 valence electrons. The smallest absolute Gasteiger partial charge is 0.338 e. The summed E-state index contributed by atoms with van der Waals surface area (Å²) >= 11 is 0. The van der Waals surface area contributed by atoms with E-state index in [1.807, 2.05) is 0 Å². The first-order valence-electron chi connectivity index (χ1n) is 8.77. The molecule has 2 rings (SSSR count). The lowest BCUT2D eigenvalue weighted by Crippen LogP contribution is -2.28. The summed E-state index contributed by atoms with van der Waals surface area (Å²) < 4.78 is 10.2. The van der Waals surface area contributed by atoms with Crippen LogP contribution in [0.25, 0.3) is 0 Å². The van der Waals surface area contributed by atoms with Crippen LogP contribution in [0.15, 0.2) is 42.6 Å². The third-order valence-electron chi connectivity index (χ3n) is 3.74. The monoisotopic (exact) mass is 385 g/mol. The van der Waals surface area contributed by atoms with E-state index < -0.39 is 5.97 Å². The molecular weight excluding hydrogens is 362 g/mol. The maximum absolute atomic E-state index is 12.1. The summed E-state index contributed by atoms with van der Waals surface area (Å²) in [7, 11) is 1.55. The fraction of sp³-hybridized carbons (Fsp3) is 0.300. The fourth-order valence-electron chi connectivity index (χ4n) is 2.13. The number of aromatic nitrogens is 1. The van der Waals surface area contributed by atoms with Crippen LogP contribution in [0, 0.1) is 5.92 Å². The van der Waals surface area contributed by atoms with Crippen molar-refractivity contribution in [2.45, 2.75) is 13.8 Å². The highest BCUT2D eigenvalue weighted by Gasteiger charge is 2.12.